The molecular formula is C12H26N2O. The molecule has 0 aliphatic carbocycles. The normalized spacial score (nSPS) is 22.2. The summed E-state index contributed by atoms with van der Waals surface area (Å²) >= 11 is 0. The first kappa shape index (κ1) is 12.9. The van der Waals surface area contributed by atoms with E-state index in [9.17, 15) is 0 Å². The standard InChI is InChI=1S/C12H26N2O/c1-14(9-4-5-11-15)10-7-12-6-2-3-8-13-12/h12-13,15H,2-11H2,1H3. The largest absolute Gasteiger partial charge is 0.396 e. The molecule has 0 saturated carbocycles. The minimum atomic E-state index is 0.331. The quantitative estimate of drug-likeness (QED) is 0.626. The van der Waals surface area contributed by atoms with Gasteiger partial charge in [0, 0.05) is 12.6 Å². The fraction of sp³-hybridized carbons (Fsp3) is 1.00. The van der Waals surface area contributed by atoms with Crippen molar-refractivity contribution in [2.75, 3.05) is 33.3 Å². The first-order valence-corrected chi connectivity index (χ1v) is 6.35. The number of aliphatic hydroxyl groups is 1. The number of rotatable bonds is 7. The Morgan fingerprint density at radius 3 is 2.80 bits per heavy atom. The van der Waals surface area contributed by atoms with Gasteiger partial charge in [0.2, 0.25) is 0 Å². The number of hydrogen-bond acceptors (Lipinski definition) is 3. The Labute approximate surface area is 93.9 Å². The van der Waals surface area contributed by atoms with Crippen LogP contribution in [0.3, 0.4) is 0 Å². The smallest absolute Gasteiger partial charge is 0.0431 e. The Morgan fingerprint density at radius 2 is 2.13 bits per heavy atom. The van der Waals surface area contributed by atoms with Crippen LogP contribution >= 0.6 is 0 Å². The number of aliphatic hydroxyl groups excluding tert-OH is 1. The maximum Gasteiger partial charge on any atom is 0.0431 e. The van der Waals surface area contributed by atoms with Crippen LogP contribution in [0.2, 0.25) is 0 Å². The van der Waals surface area contributed by atoms with Gasteiger partial charge in [-0.05, 0) is 58.8 Å². The number of unbranched alkanes of at least 4 members (excludes halogenated alkanes) is 1. The Morgan fingerprint density at radius 1 is 1.27 bits per heavy atom. The van der Waals surface area contributed by atoms with Crippen molar-refractivity contribution in [3.63, 3.8) is 0 Å². The molecule has 0 aromatic carbocycles. The molecule has 3 heteroatoms. The van der Waals surface area contributed by atoms with Crippen molar-refractivity contribution in [1.29, 1.82) is 0 Å². The van der Waals surface area contributed by atoms with Crippen LogP contribution in [-0.2, 0) is 0 Å². The van der Waals surface area contributed by atoms with E-state index in [4.69, 9.17) is 5.11 Å². The van der Waals surface area contributed by atoms with Crippen LogP contribution in [0.1, 0.15) is 38.5 Å². The molecule has 1 unspecified atom stereocenters. The molecular weight excluding hydrogens is 188 g/mol. The summed E-state index contributed by atoms with van der Waals surface area (Å²) in [6, 6.07) is 0.749. The minimum absolute atomic E-state index is 0.331. The second kappa shape index (κ2) is 8.08. The molecule has 90 valence electrons. The molecule has 1 atom stereocenters. The highest BCUT2D eigenvalue weighted by Gasteiger charge is 2.12. The van der Waals surface area contributed by atoms with E-state index in [1.54, 1.807) is 0 Å². The van der Waals surface area contributed by atoms with E-state index in [0.717, 1.165) is 25.4 Å². The predicted octanol–water partition coefficient (Wildman–Crippen LogP) is 1.22. The molecule has 0 bridgehead atoms. The zero-order valence-corrected chi connectivity index (χ0v) is 10.0. The van der Waals surface area contributed by atoms with Crippen molar-refractivity contribution < 1.29 is 5.11 Å². The van der Waals surface area contributed by atoms with Crippen LogP contribution in [0.4, 0.5) is 0 Å². The molecule has 0 aromatic rings. The molecule has 1 aliphatic rings. The predicted molar refractivity (Wildman–Crippen MR) is 64.1 cm³/mol. The monoisotopic (exact) mass is 214 g/mol. The van der Waals surface area contributed by atoms with Crippen LogP contribution in [-0.4, -0.2) is 49.3 Å². The molecule has 0 amide bonds. The van der Waals surface area contributed by atoms with Crippen molar-refractivity contribution in [2.45, 2.75) is 44.6 Å². The van der Waals surface area contributed by atoms with Gasteiger partial charge in [0.1, 0.15) is 0 Å². The van der Waals surface area contributed by atoms with E-state index in [-0.39, 0.29) is 0 Å². The molecule has 0 spiro atoms. The molecule has 3 nitrogen and oxygen atoms in total. The van der Waals surface area contributed by atoms with Crippen molar-refractivity contribution in [3.05, 3.63) is 0 Å². The Balaban J connectivity index is 1.97. The van der Waals surface area contributed by atoms with Crippen LogP contribution in [0, 0.1) is 0 Å². The summed E-state index contributed by atoms with van der Waals surface area (Å²) in [5.74, 6) is 0. The average Bonchev–Trinajstić information content (AvgIpc) is 2.28. The third kappa shape index (κ3) is 6.13. The number of nitrogens with one attached hydrogen (secondary N) is 1. The zero-order chi connectivity index (χ0) is 10.9. The van der Waals surface area contributed by atoms with E-state index >= 15 is 0 Å². The first-order valence-electron chi connectivity index (χ1n) is 6.35. The van der Waals surface area contributed by atoms with E-state index in [2.05, 4.69) is 17.3 Å². The van der Waals surface area contributed by atoms with Gasteiger partial charge in [-0.25, -0.2) is 0 Å². The van der Waals surface area contributed by atoms with Gasteiger partial charge in [-0.1, -0.05) is 6.42 Å². The molecule has 0 aromatic heterocycles. The maximum atomic E-state index is 8.68. The third-order valence-corrected chi connectivity index (χ3v) is 3.22. The maximum absolute atomic E-state index is 8.68. The van der Waals surface area contributed by atoms with Crippen molar-refractivity contribution in [3.8, 4) is 0 Å². The number of nitrogens with zero attached hydrogens (tertiary/aromatic N) is 1. The molecule has 1 saturated heterocycles. The first-order chi connectivity index (χ1) is 7.33. The SMILES string of the molecule is CN(CCCCO)CCC1CCCCN1. The molecule has 1 heterocycles. The third-order valence-electron chi connectivity index (χ3n) is 3.22. The van der Waals surface area contributed by atoms with Gasteiger partial charge < -0.3 is 15.3 Å². The van der Waals surface area contributed by atoms with Gasteiger partial charge in [0.25, 0.3) is 0 Å². The Hall–Kier alpha value is -0.120. The van der Waals surface area contributed by atoms with Gasteiger partial charge in [-0.2, -0.15) is 0 Å². The molecule has 1 fully saturated rings. The van der Waals surface area contributed by atoms with Crippen LogP contribution in [0.5, 0.6) is 0 Å². The van der Waals surface area contributed by atoms with Crippen molar-refractivity contribution in [2.24, 2.45) is 0 Å². The van der Waals surface area contributed by atoms with Crippen LogP contribution in [0.15, 0.2) is 0 Å². The second-order valence-corrected chi connectivity index (χ2v) is 4.67. The molecule has 15 heavy (non-hydrogen) atoms. The summed E-state index contributed by atoms with van der Waals surface area (Å²) in [5.41, 5.74) is 0. The summed E-state index contributed by atoms with van der Waals surface area (Å²) in [5, 5.41) is 12.3. The number of piperidine rings is 1. The lowest BCUT2D eigenvalue weighted by Crippen LogP contribution is -2.36. The van der Waals surface area contributed by atoms with E-state index < -0.39 is 0 Å². The average molecular weight is 214 g/mol. The highest BCUT2D eigenvalue weighted by molar-refractivity contribution is 4.73. The summed E-state index contributed by atoms with van der Waals surface area (Å²) in [7, 11) is 2.18. The van der Waals surface area contributed by atoms with Crippen molar-refractivity contribution in [1.82, 2.24) is 10.2 Å². The summed E-state index contributed by atoms with van der Waals surface area (Å²) < 4.78 is 0. The highest BCUT2D eigenvalue weighted by Crippen LogP contribution is 2.10. The van der Waals surface area contributed by atoms with Crippen LogP contribution < -0.4 is 5.32 Å². The molecule has 1 rings (SSSR count). The molecule has 0 radical (unpaired) electrons. The molecule has 2 N–H and O–H groups in total. The van der Waals surface area contributed by atoms with E-state index in [0.29, 0.717) is 6.61 Å². The summed E-state index contributed by atoms with van der Waals surface area (Å²) in [6.07, 6.45) is 7.42. The minimum Gasteiger partial charge on any atom is -0.396 e. The fourth-order valence-corrected chi connectivity index (χ4v) is 2.15. The Kier molecular flexibility index (Phi) is 6.98. The lowest BCUT2D eigenvalue weighted by molar-refractivity contribution is 0.253. The van der Waals surface area contributed by atoms with E-state index in [1.807, 2.05) is 0 Å². The number of hydrogen-bond donors (Lipinski definition) is 2. The highest BCUT2D eigenvalue weighted by atomic mass is 16.2. The van der Waals surface area contributed by atoms with Gasteiger partial charge in [-0.3, -0.25) is 0 Å². The summed E-state index contributed by atoms with van der Waals surface area (Å²) in [6.45, 7) is 3.84. The fourth-order valence-electron chi connectivity index (χ4n) is 2.15. The van der Waals surface area contributed by atoms with Gasteiger partial charge in [0.15, 0.2) is 0 Å². The lowest BCUT2D eigenvalue weighted by atomic mass is 10.0. The van der Waals surface area contributed by atoms with Gasteiger partial charge >= 0.3 is 0 Å². The second-order valence-electron chi connectivity index (χ2n) is 4.67. The summed E-state index contributed by atoms with van der Waals surface area (Å²) in [4.78, 5) is 2.38. The topological polar surface area (TPSA) is 35.5 Å². The van der Waals surface area contributed by atoms with Crippen molar-refractivity contribution >= 4 is 0 Å². The van der Waals surface area contributed by atoms with Gasteiger partial charge in [0.05, 0.1) is 0 Å². The van der Waals surface area contributed by atoms with Gasteiger partial charge in [-0.15, -0.1) is 0 Å². The zero-order valence-electron chi connectivity index (χ0n) is 10.0. The van der Waals surface area contributed by atoms with Crippen LogP contribution in [0.25, 0.3) is 0 Å². The molecule has 1 aliphatic heterocycles. The Bertz CT molecular complexity index is 147. The lowest BCUT2D eigenvalue weighted by Gasteiger charge is -2.25. The van der Waals surface area contributed by atoms with E-state index in [1.165, 1.54) is 38.8 Å².